The number of hydrogen-bond donors (Lipinski definition) is 3. The van der Waals surface area contributed by atoms with Gasteiger partial charge in [0.1, 0.15) is 16.9 Å². The van der Waals surface area contributed by atoms with Gasteiger partial charge in [-0.3, -0.25) is 9.59 Å². The lowest BCUT2D eigenvalue weighted by Crippen LogP contribution is -2.57. The number of nitrogens with one attached hydrogen (secondary N) is 1. The second kappa shape index (κ2) is 7.59. The van der Waals surface area contributed by atoms with Gasteiger partial charge in [-0.15, -0.1) is 0 Å². The third-order valence-corrected chi connectivity index (χ3v) is 11.5. The lowest BCUT2D eigenvalue weighted by molar-refractivity contribution is -0.151. The van der Waals surface area contributed by atoms with Crippen molar-refractivity contribution >= 4 is 11.7 Å². The van der Waals surface area contributed by atoms with Gasteiger partial charge in [0.25, 0.3) is 0 Å². The van der Waals surface area contributed by atoms with Crippen LogP contribution >= 0.6 is 0 Å². The van der Waals surface area contributed by atoms with Crippen LogP contribution in [0, 0.1) is 51.8 Å². The molecule has 0 unspecified atom stereocenters. The monoisotopic (exact) mass is 503 g/mol. The molecule has 1 heterocycles. The summed E-state index contributed by atoms with van der Waals surface area (Å²) in [5, 5.41) is 25.0. The third kappa shape index (κ3) is 2.95. The molecule has 4 aliphatic carbocycles. The fourth-order valence-electron chi connectivity index (χ4n) is 10.3. The summed E-state index contributed by atoms with van der Waals surface area (Å²) < 4.78 is 0. The van der Waals surface area contributed by atoms with Crippen molar-refractivity contribution in [1.29, 1.82) is 0 Å². The molecule has 1 amide bonds. The number of hydrogen-bond acceptors (Lipinski definition) is 4. The number of benzene rings is 1. The number of aromatic hydroxyl groups is 1. The minimum absolute atomic E-state index is 0.0433. The summed E-state index contributed by atoms with van der Waals surface area (Å²) in [6, 6.07) is 6.74. The van der Waals surface area contributed by atoms with E-state index in [4.69, 9.17) is 0 Å². The lowest BCUT2D eigenvalue weighted by atomic mass is 9.48. The molecule has 0 bridgehead atoms. The molecule has 5 heteroatoms. The van der Waals surface area contributed by atoms with E-state index in [9.17, 15) is 19.8 Å². The van der Waals surface area contributed by atoms with E-state index in [2.05, 4.69) is 59.0 Å². The molecule has 3 fully saturated rings. The van der Waals surface area contributed by atoms with E-state index in [0.717, 1.165) is 30.4 Å². The normalized spacial score (nSPS) is 48.3. The van der Waals surface area contributed by atoms with Crippen molar-refractivity contribution in [2.45, 2.75) is 73.0 Å². The van der Waals surface area contributed by atoms with Crippen LogP contribution in [-0.4, -0.2) is 27.6 Å². The molecular formula is C32H41NO4. The highest BCUT2D eigenvalue weighted by atomic mass is 16.3. The van der Waals surface area contributed by atoms with E-state index in [0.29, 0.717) is 5.92 Å². The maximum atomic E-state index is 15.0. The maximum Gasteiger partial charge on any atom is 0.237 e. The fourth-order valence-corrected chi connectivity index (χ4v) is 10.3. The van der Waals surface area contributed by atoms with Crippen molar-refractivity contribution in [3.05, 3.63) is 53.1 Å². The highest BCUT2D eigenvalue weighted by molar-refractivity contribution is 6.13. The first kappa shape index (κ1) is 24.9. The molecule has 3 N–H and O–H groups in total. The predicted octanol–water partition coefficient (Wildman–Crippen LogP) is 5.18. The minimum Gasteiger partial charge on any atom is -0.508 e. The van der Waals surface area contributed by atoms with E-state index < -0.39 is 22.5 Å². The average molecular weight is 504 g/mol. The molecule has 5 aliphatic rings. The molecule has 1 aromatic rings. The molecule has 1 spiro atoms. The number of allylic oxidation sites excluding steroid dienone is 4. The predicted molar refractivity (Wildman–Crippen MR) is 142 cm³/mol. The summed E-state index contributed by atoms with van der Waals surface area (Å²) in [7, 11) is 0. The van der Waals surface area contributed by atoms with Crippen LogP contribution in [0.4, 0.5) is 0 Å². The van der Waals surface area contributed by atoms with Crippen LogP contribution < -0.4 is 5.32 Å². The fraction of sp³-hybridized carbons (Fsp3) is 0.625. The third-order valence-electron chi connectivity index (χ3n) is 11.5. The molecule has 0 radical (unpaired) electrons. The van der Waals surface area contributed by atoms with E-state index >= 15 is 0 Å². The topological polar surface area (TPSA) is 86.6 Å². The van der Waals surface area contributed by atoms with E-state index in [1.807, 2.05) is 0 Å². The van der Waals surface area contributed by atoms with Gasteiger partial charge in [-0.1, -0.05) is 69.5 Å². The molecule has 2 saturated carbocycles. The number of aliphatic hydroxyl groups is 1. The number of fused-ring (bicyclic) bond motifs is 4. The van der Waals surface area contributed by atoms with Gasteiger partial charge in [0, 0.05) is 23.7 Å². The van der Waals surface area contributed by atoms with Gasteiger partial charge in [0.2, 0.25) is 5.91 Å². The lowest BCUT2D eigenvalue weighted by Gasteiger charge is -2.53. The highest BCUT2D eigenvalue weighted by Gasteiger charge is 2.82. The first-order valence-corrected chi connectivity index (χ1v) is 14.0. The molecule has 0 aromatic heterocycles. The zero-order valence-electron chi connectivity index (χ0n) is 23.0. The Hall–Kier alpha value is -2.40. The van der Waals surface area contributed by atoms with Crippen LogP contribution in [0.3, 0.4) is 0 Å². The summed E-state index contributed by atoms with van der Waals surface area (Å²) in [4.78, 5) is 29.3. The second-order valence-electron chi connectivity index (χ2n) is 13.7. The summed E-state index contributed by atoms with van der Waals surface area (Å²) in [6.07, 6.45) is 8.05. The van der Waals surface area contributed by atoms with Crippen LogP contribution in [0.15, 0.2) is 47.6 Å². The first-order chi connectivity index (χ1) is 17.3. The van der Waals surface area contributed by atoms with Gasteiger partial charge in [-0.05, 0) is 73.5 Å². The number of carbonyl (C=O) groups is 2. The van der Waals surface area contributed by atoms with Crippen LogP contribution in [0.5, 0.6) is 5.75 Å². The minimum atomic E-state index is -1.56. The van der Waals surface area contributed by atoms with E-state index in [1.54, 1.807) is 24.3 Å². The van der Waals surface area contributed by atoms with Crippen LogP contribution in [0.1, 0.15) is 66.4 Å². The second-order valence-corrected chi connectivity index (χ2v) is 13.7. The zero-order valence-corrected chi connectivity index (χ0v) is 23.0. The molecule has 6 rings (SSSR count). The van der Waals surface area contributed by atoms with Crippen molar-refractivity contribution < 1.29 is 19.8 Å². The Morgan fingerprint density at radius 2 is 1.68 bits per heavy atom. The number of Topliss-reactive ketones (excluding diaryl/α,β-unsaturated/α-hetero) is 1. The largest absolute Gasteiger partial charge is 0.508 e. The van der Waals surface area contributed by atoms with Gasteiger partial charge in [-0.25, -0.2) is 0 Å². The van der Waals surface area contributed by atoms with Crippen molar-refractivity contribution in [3.63, 3.8) is 0 Å². The van der Waals surface area contributed by atoms with Crippen molar-refractivity contribution in [2.75, 3.05) is 0 Å². The van der Waals surface area contributed by atoms with Gasteiger partial charge >= 0.3 is 0 Å². The van der Waals surface area contributed by atoms with Crippen molar-refractivity contribution in [3.8, 4) is 5.75 Å². The molecule has 1 aromatic carbocycles. The number of rotatable bonds is 2. The van der Waals surface area contributed by atoms with Crippen LogP contribution in [0.2, 0.25) is 0 Å². The van der Waals surface area contributed by atoms with Gasteiger partial charge in [0.15, 0.2) is 5.78 Å². The summed E-state index contributed by atoms with van der Waals surface area (Å²) in [6.45, 7) is 13.1. The molecule has 1 aliphatic heterocycles. The van der Waals surface area contributed by atoms with E-state index in [-0.39, 0.29) is 52.9 Å². The quantitative estimate of drug-likeness (QED) is 0.384. The summed E-state index contributed by atoms with van der Waals surface area (Å²) >= 11 is 0. The Morgan fingerprint density at radius 1 is 1.00 bits per heavy atom. The van der Waals surface area contributed by atoms with E-state index in [1.165, 1.54) is 5.57 Å². The molecule has 37 heavy (non-hydrogen) atoms. The molecule has 10 atom stereocenters. The highest BCUT2D eigenvalue weighted by Crippen LogP contribution is 2.74. The summed E-state index contributed by atoms with van der Waals surface area (Å²) in [5.41, 5.74) is -0.445. The Kier molecular flexibility index (Phi) is 5.11. The molecule has 5 nitrogen and oxygen atoms in total. The molecule has 198 valence electrons. The standard InChI is InChI=1S/C32H41NO4/c1-17-7-12-23-24-25(19(3)14-29(23,5)13-17)30(6)15-18(2)20(4)26-31(37,16-21-8-10-22(34)11-9-21)33-28(36)32(26,30)27(24)35/h8-11,14-15,17,20,23-26,34,37H,7,12-13,16H2,1-6H3,(H,33,36)/t17-,20+,23-,24-,25+,26-,29+,30-,31+,32+/m0/s1. The zero-order chi connectivity index (χ0) is 26.7. The number of phenols is 1. The van der Waals surface area contributed by atoms with Crippen molar-refractivity contribution in [2.24, 2.45) is 51.8 Å². The smallest absolute Gasteiger partial charge is 0.237 e. The Morgan fingerprint density at radius 3 is 2.35 bits per heavy atom. The molecular weight excluding hydrogens is 462 g/mol. The number of amides is 1. The van der Waals surface area contributed by atoms with Gasteiger partial charge in [-0.2, -0.15) is 0 Å². The molecule has 1 saturated heterocycles. The van der Waals surface area contributed by atoms with Crippen LogP contribution in [0.25, 0.3) is 0 Å². The Bertz CT molecular complexity index is 1250. The van der Waals surface area contributed by atoms with Crippen LogP contribution in [-0.2, 0) is 16.0 Å². The Balaban J connectivity index is 1.54. The maximum absolute atomic E-state index is 15.0. The number of ketones is 1. The van der Waals surface area contributed by atoms with Gasteiger partial charge < -0.3 is 15.5 Å². The first-order valence-electron chi connectivity index (χ1n) is 14.0. The van der Waals surface area contributed by atoms with Gasteiger partial charge in [0.05, 0.1) is 0 Å². The SMILES string of the molecule is CC1=C[C@@]2(C)[C@@H]3C(C)=C[C@@]4(C)C[C@@H](C)CC[C@H]4[C@@H]3C(=O)[C@]23C(=O)N[C@@](O)(Cc2ccc(O)cc2)[C@@H]3[C@@H]1C. The number of carbonyl (C=O) groups excluding carboxylic acids is 2. The number of phenolic OH excluding ortho intramolecular Hbond substituents is 1. The van der Waals surface area contributed by atoms with Crippen molar-refractivity contribution in [1.82, 2.24) is 5.32 Å². The summed E-state index contributed by atoms with van der Waals surface area (Å²) in [5.74, 6) is -0.241. The Labute approximate surface area is 220 Å². The average Bonchev–Trinajstić information content (AvgIpc) is 3.16.